The molecule has 2 aliphatic heterocycles. The van der Waals surface area contributed by atoms with Crippen molar-refractivity contribution in [1.82, 2.24) is 4.90 Å². The molecule has 2 saturated heterocycles. The van der Waals surface area contributed by atoms with E-state index in [1.807, 2.05) is 0 Å². The van der Waals surface area contributed by atoms with Crippen LogP contribution in [0.15, 0.2) is 0 Å². The maximum Gasteiger partial charge on any atom is 0.0809 e. The SMILES string of the molecule is C1CCC(OC2CCN(CCOC[C@H]3CCCO3)CC2)C1. The van der Waals surface area contributed by atoms with Crippen LogP contribution >= 0.6 is 0 Å². The zero-order valence-corrected chi connectivity index (χ0v) is 13.3. The van der Waals surface area contributed by atoms with Crippen LogP contribution in [-0.4, -0.2) is 62.7 Å². The van der Waals surface area contributed by atoms with Crippen LogP contribution in [0, 0.1) is 0 Å². The first-order valence-corrected chi connectivity index (χ1v) is 8.97. The maximum atomic E-state index is 6.22. The van der Waals surface area contributed by atoms with E-state index in [1.165, 1.54) is 64.5 Å². The molecule has 0 bridgehead atoms. The minimum Gasteiger partial charge on any atom is -0.377 e. The lowest BCUT2D eigenvalue weighted by Gasteiger charge is -2.33. The highest BCUT2D eigenvalue weighted by Crippen LogP contribution is 2.25. The number of piperidine rings is 1. The molecule has 122 valence electrons. The summed E-state index contributed by atoms with van der Waals surface area (Å²) in [6.45, 7) is 5.93. The molecule has 21 heavy (non-hydrogen) atoms. The van der Waals surface area contributed by atoms with E-state index in [9.17, 15) is 0 Å². The molecule has 1 saturated carbocycles. The van der Waals surface area contributed by atoms with Gasteiger partial charge in [0, 0.05) is 26.2 Å². The van der Waals surface area contributed by atoms with Crippen LogP contribution in [0.5, 0.6) is 0 Å². The number of ether oxygens (including phenoxy) is 3. The van der Waals surface area contributed by atoms with Crippen molar-refractivity contribution in [1.29, 1.82) is 0 Å². The lowest BCUT2D eigenvalue weighted by atomic mass is 10.1. The first-order valence-electron chi connectivity index (χ1n) is 8.97. The standard InChI is InChI=1S/C17H31NO3/c1-2-5-15(4-1)21-16-7-9-18(10-8-16)11-13-19-14-17-6-3-12-20-17/h15-17H,1-14H2/t17-/m1/s1. The van der Waals surface area contributed by atoms with E-state index in [2.05, 4.69) is 4.90 Å². The molecule has 0 aromatic rings. The van der Waals surface area contributed by atoms with Gasteiger partial charge in [-0.05, 0) is 38.5 Å². The van der Waals surface area contributed by atoms with Gasteiger partial charge in [-0.2, -0.15) is 0 Å². The van der Waals surface area contributed by atoms with E-state index in [4.69, 9.17) is 14.2 Å². The van der Waals surface area contributed by atoms with Crippen molar-refractivity contribution < 1.29 is 14.2 Å². The zero-order chi connectivity index (χ0) is 14.3. The zero-order valence-electron chi connectivity index (χ0n) is 13.3. The van der Waals surface area contributed by atoms with E-state index < -0.39 is 0 Å². The van der Waals surface area contributed by atoms with Gasteiger partial charge < -0.3 is 19.1 Å². The molecule has 0 amide bonds. The third-order valence-electron chi connectivity index (χ3n) is 5.10. The molecule has 4 heteroatoms. The predicted octanol–water partition coefficient (Wildman–Crippen LogP) is 2.61. The fourth-order valence-corrected chi connectivity index (χ4v) is 3.75. The maximum absolute atomic E-state index is 6.22. The van der Waals surface area contributed by atoms with Crippen LogP contribution in [0.1, 0.15) is 51.4 Å². The topological polar surface area (TPSA) is 30.9 Å². The summed E-state index contributed by atoms with van der Waals surface area (Å²) in [7, 11) is 0. The van der Waals surface area contributed by atoms with Crippen LogP contribution in [0.3, 0.4) is 0 Å². The lowest BCUT2D eigenvalue weighted by Crippen LogP contribution is -2.40. The van der Waals surface area contributed by atoms with Gasteiger partial charge in [-0.1, -0.05) is 12.8 Å². The minimum absolute atomic E-state index is 0.357. The highest BCUT2D eigenvalue weighted by molar-refractivity contribution is 4.76. The Morgan fingerprint density at radius 2 is 1.67 bits per heavy atom. The van der Waals surface area contributed by atoms with Gasteiger partial charge in [-0.15, -0.1) is 0 Å². The molecule has 3 fully saturated rings. The largest absolute Gasteiger partial charge is 0.377 e. The molecular weight excluding hydrogens is 266 g/mol. The van der Waals surface area contributed by atoms with E-state index >= 15 is 0 Å². The fraction of sp³-hybridized carbons (Fsp3) is 1.00. The molecule has 1 aliphatic carbocycles. The van der Waals surface area contributed by atoms with Crippen molar-refractivity contribution in [3.63, 3.8) is 0 Å². The third kappa shape index (κ3) is 5.20. The van der Waals surface area contributed by atoms with Gasteiger partial charge in [0.25, 0.3) is 0 Å². The Labute approximate surface area is 129 Å². The minimum atomic E-state index is 0.357. The Morgan fingerprint density at radius 1 is 0.905 bits per heavy atom. The summed E-state index contributed by atoms with van der Waals surface area (Å²) in [5.74, 6) is 0. The van der Waals surface area contributed by atoms with Crippen LogP contribution in [0.4, 0.5) is 0 Å². The number of hydrogen-bond donors (Lipinski definition) is 0. The quantitative estimate of drug-likeness (QED) is 0.676. The van der Waals surface area contributed by atoms with Gasteiger partial charge in [-0.25, -0.2) is 0 Å². The summed E-state index contributed by atoms with van der Waals surface area (Å²) in [5, 5.41) is 0. The van der Waals surface area contributed by atoms with Crippen molar-refractivity contribution in [2.45, 2.75) is 69.7 Å². The molecule has 0 radical (unpaired) electrons. The highest BCUT2D eigenvalue weighted by Gasteiger charge is 2.24. The summed E-state index contributed by atoms with van der Waals surface area (Å²) >= 11 is 0. The molecule has 0 aromatic heterocycles. The number of likely N-dealkylation sites (tertiary alicyclic amines) is 1. The molecular formula is C17H31NO3. The molecule has 0 unspecified atom stereocenters. The Bertz CT molecular complexity index is 277. The van der Waals surface area contributed by atoms with E-state index in [0.29, 0.717) is 18.3 Å². The van der Waals surface area contributed by atoms with Crippen molar-refractivity contribution in [3.8, 4) is 0 Å². The average molecular weight is 297 g/mol. The Morgan fingerprint density at radius 3 is 2.38 bits per heavy atom. The van der Waals surface area contributed by atoms with Crippen molar-refractivity contribution in [2.75, 3.05) is 39.5 Å². The molecule has 3 aliphatic rings. The number of hydrogen-bond acceptors (Lipinski definition) is 4. The fourth-order valence-electron chi connectivity index (χ4n) is 3.75. The van der Waals surface area contributed by atoms with Gasteiger partial charge in [0.15, 0.2) is 0 Å². The smallest absolute Gasteiger partial charge is 0.0809 e. The molecule has 4 nitrogen and oxygen atoms in total. The second-order valence-electron chi connectivity index (χ2n) is 6.79. The number of nitrogens with zero attached hydrogens (tertiary/aromatic N) is 1. The normalized spacial score (nSPS) is 29.4. The first-order chi connectivity index (χ1) is 10.4. The average Bonchev–Trinajstić information content (AvgIpc) is 3.19. The summed E-state index contributed by atoms with van der Waals surface area (Å²) < 4.78 is 17.5. The van der Waals surface area contributed by atoms with Crippen molar-refractivity contribution in [3.05, 3.63) is 0 Å². The molecule has 0 aromatic carbocycles. The van der Waals surface area contributed by atoms with Gasteiger partial charge in [-0.3, -0.25) is 0 Å². The van der Waals surface area contributed by atoms with Gasteiger partial charge in [0.2, 0.25) is 0 Å². The van der Waals surface area contributed by atoms with Crippen molar-refractivity contribution >= 4 is 0 Å². The number of rotatable bonds is 7. The second-order valence-corrected chi connectivity index (χ2v) is 6.79. The summed E-state index contributed by atoms with van der Waals surface area (Å²) in [4.78, 5) is 2.52. The Kier molecular flexibility index (Phi) is 6.34. The van der Waals surface area contributed by atoms with Crippen LogP contribution in [0.25, 0.3) is 0 Å². The Balaban J connectivity index is 1.22. The van der Waals surface area contributed by atoms with Crippen LogP contribution < -0.4 is 0 Å². The molecule has 0 N–H and O–H groups in total. The first kappa shape index (κ1) is 15.7. The molecule has 0 spiro atoms. The van der Waals surface area contributed by atoms with Crippen LogP contribution in [-0.2, 0) is 14.2 Å². The second kappa shape index (κ2) is 8.47. The van der Waals surface area contributed by atoms with Gasteiger partial charge in [0.05, 0.1) is 31.5 Å². The summed E-state index contributed by atoms with van der Waals surface area (Å²) in [5.41, 5.74) is 0. The Hall–Kier alpha value is -0.160. The van der Waals surface area contributed by atoms with Crippen LogP contribution in [0.2, 0.25) is 0 Å². The third-order valence-corrected chi connectivity index (χ3v) is 5.10. The monoisotopic (exact) mass is 297 g/mol. The molecule has 2 heterocycles. The predicted molar refractivity (Wildman–Crippen MR) is 82.6 cm³/mol. The van der Waals surface area contributed by atoms with E-state index in [-0.39, 0.29) is 0 Å². The lowest BCUT2D eigenvalue weighted by molar-refractivity contribution is -0.0439. The van der Waals surface area contributed by atoms with E-state index in [1.54, 1.807) is 0 Å². The summed E-state index contributed by atoms with van der Waals surface area (Å²) in [6, 6.07) is 0. The molecule has 3 rings (SSSR count). The van der Waals surface area contributed by atoms with E-state index in [0.717, 1.165) is 26.4 Å². The summed E-state index contributed by atoms with van der Waals surface area (Å²) in [6.07, 6.45) is 11.5. The molecule has 1 atom stereocenters. The van der Waals surface area contributed by atoms with Gasteiger partial charge >= 0.3 is 0 Å². The highest BCUT2D eigenvalue weighted by atomic mass is 16.5. The van der Waals surface area contributed by atoms with Gasteiger partial charge in [0.1, 0.15) is 0 Å². The van der Waals surface area contributed by atoms with Crippen molar-refractivity contribution in [2.24, 2.45) is 0 Å².